The number of hydrogen-bond acceptors (Lipinski definition) is 5. The zero-order valence-corrected chi connectivity index (χ0v) is 7.52. The number of aliphatic hydroxyl groups excluding tert-OH is 1. The van der Waals surface area contributed by atoms with E-state index < -0.39 is 24.0 Å². The van der Waals surface area contributed by atoms with E-state index in [1.165, 1.54) is 6.92 Å². The van der Waals surface area contributed by atoms with Gasteiger partial charge in [0, 0.05) is 5.57 Å². The number of ether oxygens (including phenoxy) is 1. The lowest BCUT2D eigenvalue weighted by Crippen LogP contribution is -2.11. The summed E-state index contributed by atoms with van der Waals surface area (Å²) in [5, 5.41) is 16.4. The van der Waals surface area contributed by atoms with E-state index in [0.717, 1.165) is 0 Å². The maximum absolute atomic E-state index is 10.1. The van der Waals surface area contributed by atoms with Gasteiger partial charge >= 0.3 is 17.9 Å². The second-order valence-electron chi connectivity index (χ2n) is 2.60. The summed E-state index contributed by atoms with van der Waals surface area (Å²) < 4.78 is 3.95. The van der Waals surface area contributed by atoms with Crippen molar-refractivity contribution in [2.75, 3.05) is 0 Å². The summed E-state index contributed by atoms with van der Waals surface area (Å²) in [6, 6.07) is 0. The molecule has 0 aromatic carbocycles. The fourth-order valence-corrected chi connectivity index (χ4v) is 0.463. The molecule has 0 aromatic heterocycles. The van der Waals surface area contributed by atoms with Gasteiger partial charge in [0.15, 0.2) is 6.10 Å². The zero-order chi connectivity index (χ0) is 11.3. The standard InChI is InChI=1S/C4H4O4.C4H6O2/c5-2-1-3(6)8-4(2)7;1-3(2)4(5)6/h2,5H,1H2;1H2,2H3,(H,5,6). The normalized spacial score (nSPS) is 19.4. The van der Waals surface area contributed by atoms with E-state index in [1.807, 2.05) is 0 Å². The molecule has 1 fully saturated rings. The number of esters is 2. The number of carbonyl (C=O) groups excluding carboxylic acids is 2. The lowest BCUT2D eigenvalue weighted by atomic mass is 10.3. The molecule has 6 nitrogen and oxygen atoms in total. The van der Waals surface area contributed by atoms with Crippen molar-refractivity contribution in [1.29, 1.82) is 0 Å². The number of carboxylic acids is 1. The summed E-state index contributed by atoms with van der Waals surface area (Å²) in [7, 11) is 0. The smallest absolute Gasteiger partial charge is 0.343 e. The number of carbonyl (C=O) groups is 3. The molecule has 0 radical (unpaired) electrons. The molecule has 0 saturated carbocycles. The van der Waals surface area contributed by atoms with Gasteiger partial charge < -0.3 is 14.9 Å². The van der Waals surface area contributed by atoms with E-state index in [1.54, 1.807) is 0 Å². The summed E-state index contributed by atoms with van der Waals surface area (Å²) in [5.74, 6) is -2.42. The third-order valence-electron chi connectivity index (χ3n) is 1.21. The average molecular weight is 202 g/mol. The van der Waals surface area contributed by atoms with Crippen molar-refractivity contribution in [2.24, 2.45) is 0 Å². The molecule has 1 saturated heterocycles. The summed E-state index contributed by atoms with van der Waals surface area (Å²) in [5.41, 5.74) is 0.176. The maximum atomic E-state index is 10.1. The van der Waals surface area contributed by atoms with E-state index in [4.69, 9.17) is 10.2 Å². The van der Waals surface area contributed by atoms with Gasteiger partial charge in [-0.05, 0) is 6.92 Å². The quantitative estimate of drug-likeness (QED) is 0.336. The molecule has 78 valence electrons. The van der Waals surface area contributed by atoms with Gasteiger partial charge in [0.1, 0.15) is 0 Å². The Balaban J connectivity index is 0.000000255. The number of hydrogen-bond donors (Lipinski definition) is 2. The Morgan fingerprint density at radius 3 is 2.07 bits per heavy atom. The summed E-state index contributed by atoms with van der Waals surface area (Å²) in [4.78, 5) is 29.8. The first-order chi connectivity index (χ1) is 6.34. The van der Waals surface area contributed by atoms with Crippen LogP contribution in [0.5, 0.6) is 0 Å². The van der Waals surface area contributed by atoms with Gasteiger partial charge in [-0.2, -0.15) is 0 Å². The van der Waals surface area contributed by atoms with E-state index in [0.29, 0.717) is 0 Å². The largest absolute Gasteiger partial charge is 0.478 e. The van der Waals surface area contributed by atoms with Gasteiger partial charge in [0.05, 0.1) is 6.42 Å². The second-order valence-corrected chi connectivity index (χ2v) is 2.60. The monoisotopic (exact) mass is 202 g/mol. The number of carboxylic acid groups (broad SMARTS) is 1. The van der Waals surface area contributed by atoms with Gasteiger partial charge in [-0.1, -0.05) is 6.58 Å². The SMILES string of the molecule is C=C(C)C(=O)O.O=C1CC(O)C(=O)O1. The van der Waals surface area contributed by atoms with Gasteiger partial charge in [0.25, 0.3) is 0 Å². The Kier molecular flexibility index (Phi) is 4.51. The third kappa shape index (κ3) is 4.36. The molecule has 1 aliphatic rings. The summed E-state index contributed by atoms with van der Waals surface area (Å²) in [6.07, 6.45) is -1.42. The van der Waals surface area contributed by atoms with E-state index in [2.05, 4.69) is 11.3 Å². The average Bonchev–Trinajstić information content (AvgIpc) is 2.30. The van der Waals surface area contributed by atoms with E-state index in [-0.39, 0.29) is 12.0 Å². The summed E-state index contributed by atoms with van der Waals surface area (Å²) in [6.45, 7) is 4.60. The Bertz CT molecular complexity index is 268. The zero-order valence-electron chi connectivity index (χ0n) is 7.52. The highest BCUT2D eigenvalue weighted by Gasteiger charge is 2.30. The Morgan fingerprint density at radius 2 is 2.00 bits per heavy atom. The van der Waals surface area contributed by atoms with Gasteiger partial charge in [0.2, 0.25) is 0 Å². The molecule has 2 N–H and O–H groups in total. The van der Waals surface area contributed by atoms with Crippen LogP contribution >= 0.6 is 0 Å². The molecule has 1 heterocycles. The molecule has 14 heavy (non-hydrogen) atoms. The van der Waals surface area contributed by atoms with Crippen LogP contribution in [-0.2, 0) is 19.1 Å². The number of cyclic esters (lactones) is 2. The minimum absolute atomic E-state index is 0.176. The number of aliphatic hydroxyl groups is 1. The van der Waals surface area contributed by atoms with E-state index >= 15 is 0 Å². The predicted octanol–water partition coefficient (Wildman–Crippen LogP) is -0.532. The van der Waals surface area contributed by atoms with Gasteiger partial charge in [-0.3, -0.25) is 4.79 Å². The number of rotatable bonds is 1. The van der Waals surface area contributed by atoms with Crippen LogP contribution in [0.1, 0.15) is 13.3 Å². The molecule has 0 spiro atoms. The van der Waals surface area contributed by atoms with Crippen LogP contribution < -0.4 is 0 Å². The molecule has 1 unspecified atom stereocenters. The Hall–Kier alpha value is -1.69. The van der Waals surface area contributed by atoms with Crippen LogP contribution in [0.3, 0.4) is 0 Å². The maximum Gasteiger partial charge on any atom is 0.343 e. The topological polar surface area (TPSA) is 101 Å². The third-order valence-corrected chi connectivity index (χ3v) is 1.21. The minimum Gasteiger partial charge on any atom is -0.478 e. The molecule has 6 heteroatoms. The first kappa shape index (κ1) is 12.3. The minimum atomic E-state index is -1.22. The lowest BCUT2D eigenvalue weighted by molar-refractivity contribution is -0.154. The van der Waals surface area contributed by atoms with Crippen LogP contribution in [0.2, 0.25) is 0 Å². The van der Waals surface area contributed by atoms with Crippen LogP contribution in [0.15, 0.2) is 12.2 Å². The first-order valence-electron chi connectivity index (χ1n) is 3.66. The van der Waals surface area contributed by atoms with Crippen molar-refractivity contribution in [3.05, 3.63) is 12.2 Å². The molecule has 0 aromatic rings. The van der Waals surface area contributed by atoms with Crippen LogP contribution in [0.4, 0.5) is 0 Å². The van der Waals surface area contributed by atoms with Crippen molar-refractivity contribution in [3.8, 4) is 0 Å². The fraction of sp³-hybridized carbons (Fsp3) is 0.375. The van der Waals surface area contributed by atoms with Crippen LogP contribution in [0, 0.1) is 0 Å². The molecular weight excluding hydrogens is 192 g/mol. The van der Waals surface area contributed by atoms with Gasteiger partial charge in [-0.15, -0.1) is 0 Å². The van der Waals surface area contributed by atoms with Crippen molar-refractivity contribution >= 4 is 17.9 Å². The summed E-state index contributed by atoms with van der Waals surface area (Å²) >= 11 is 0. The molecule has 0 aliphatic carbocycles. The second kappa shape index (κ2) is 5.13. The molecule has 1 rings (SSSR count). The van der Waals surface area contributed by atoms with Crippen LogP contribution in [0.25, 0.3) is 0 Å². The van der Waals surface area contributed by atoms with Crippen molar-refractivity contribution in [1.82, 2.24) is 0 Å². The van der Waals surface area contributed by atoms with Crippen LogP contribution in [-0.4, -0.2) is 34.2 Å². The highest BCUT2D eigenvalue weighted by molar-refractivity contribution is 5.95. The lowest BCUT2D eigenvalue weighted by Gasteiger charge is -1.86. The Labute approximate surface area is 79.8 Å². The van der Waals surface area contributed by atoms with Crippen molar-refractivity contribution < 1.29 is 29.3 Å². The number of aliphatic carboxylic acids is 1. The molecule has 0 amide bonds. The first-order valence-corrected chi connectivity index (χ1v) is 3.66. The Morgan fingerprint density at radius 1 is 1.57 bits per heavy atom. The molecule has 0 bridgehead atoms. The van der Waals surface area contributed by atoms with Crippen molar-refractivity contribution in [3.63, 3.8) is 0 Å². The highest BCUT2D eigenvalue weighted by Crippen LogP contribution is 2.05. The predicted molar refractivity (Wildman–Crippen MR) is 44.2 cm³/mol. The van der Waals surface area contributed by atoms with Crippen molar-refractivity contribution in [2.45, 2.75) is 19.4 Å². The molecule has 1 aliphatic heterocycles. The van der Waals surface area contributed by atoms with Gasteiger partial charge in [-0.25, -0.2) is 9.59 Å². The van der Waals surface area contributed by atoms with E-state index in [9.17, 15) is 14.4 Å². The fourth-order valence-electron chi connectivity index (χ4n) is 0.463. The molecule has 1 atom stereocenters. The highest BCUT2D eigenvalue weighted by atomic mass is 16.6. The molecular formula is C8H10O6.